The van der Waals surface area contributed by atoms with E-state index in [1.165, 1.54) is 12.4 Å². The molecule has 0 aromatic carbocycles. The summed E-state index contributed by atoms with van der Waals surface area (Å²) in [4.78, 5) is 38.7. The van der Waals surface area contributed by atoms with Gasteiger partial charge in [0.25, 0.3) is 5.91 Å². The van der Waals surface area contributed by atoms with E-state index in [9.17, 15) is 9.59 Å². The summed E-state index contributed by atoms with van der Waals surface area (Å²) in [6.45, 7) is 3.30. The predicted octanol–water partition coefficient (Wildman–Crippen LogP) is 2.78. The smallest absolute Gasteiger partial charge is 0.360 e. The molecule has 0 atom stereocenters. The predicted molar refractivity (Wildman–Crippen MR) is 103 cm³/mol. The fourth-order valence-corrected chi connectivity index (χ4v) is 4.17. The lowest BCUT2D eigenvalue weighted by Gasteiger charge is -2.30. The fourth-order valence-electron chi connectivity index (χ4n) is 3.19. The molecule has 3 aromatic rings. The molecule has 4 rings (SSSR count). The molecule has 1 fully saturated rings. The van der Waals surface area contributed by atoms with Crippen LogP contribution in [0.4, 0.5) is 0 Å². The van der Waals surface area contributed by atoms with Crippen molar-refractivity contribution in [1.29, 1.82) is 0 Å². The molecule has 0 unspecified atom stereocenters. The number of hydrogen-bond donors (Lipinski definition) is 0. The van der Waals surface area contributed by atoms with E-state index in [4.69, 9.17) is 9.26 Å². The molecular weight excluding hydrogens is 394 g/mol. The van der Waals surface area contributed by atoms with E-state index in [1.807, 2.05) is 5.38 Å². The summed E-state index contributed by atoms with van der Waals surface area (Å²) >= 11 is 1.54. The molecule has 1 aliphatic rings. The molecule has 1 aliphatic heterocycles. The van der Waals surface area contributed by atoms with Crippen LogP contribution in [0, 0.1) is 0 Å². The van der Waals surface area contributed by atoms with E-state index in [-0.39, 0.29) is 24.1 Å². The van der Waals surface area contributed by atoms with E-state index in [0.29, 0.717) is 30.2 Å². The van der Waals surface area contributed by atoms with Gasteiger partial charge >= 0.3 is 5.97 Å². The minimum Gasteiger partial charge on any atom is -0.461 e. The maximum absolute atomic E-state index is 12.5. The molecule has 0 bridgehead atoms. The summed E-state index contributed by atoms with van der Waals surface area (Å²) in [6.07, 6.45) is 6.21. The maximum Gasteiger partial charge on any atom is 0.360 e. The third-order valence-corrected chi connectivity index (χ3v) is 5.69. The van der Waals surface area contributed by atoms with Crippen LogP contribution in [0.15, 0.2) is 34.6 Å². The van der Waals surface area contributed by atoms with Gasteiger partial charge in [-0.15, -0.1) is 11.3 Å². The van der Waals surface area contributed by atoms with Crippen molar-refractivity contribution in [2.75, 3.05) is 19.7 Å². The van der Waals surface area contributed by atoms with Gasteiger partial charge in [0.15, 0.2) is 11.5 Å². The number of carbonyl (C=O) groups excluding carboxylic acids is 2. The summed E-state index contributed by atoms with van der Waals surface area (Å²) in [5.74, 6) is 0.0977. The molecule has 29 heavy (non-hydrogen) atoms. The number of rotatable bonds is 5. The van der Waals surface area contributed by atoms with E-state index in [0.717, 1.165) is 17.8 Å². The topological polar surface area (TPSA) is 111 Å². The second-order valence-electron chi connectivity index (χ2n) is 6.52. The number of aromatic nitrogens is 4. The van der Waals surface area contributed by atoms with Crippen LogP contribution in [0.3, 0.4) is 0 Å². The average molecular weight is 413 g/mol. The minimum absolute atomic E-state index is 0.0930. The monoisotopic (exact) mass is 413 g/mol. The normalized spacial score (nSPS) is 14.7. The van der Waals surface area contributed by atoms with Gasteiger partial charge in [0, 0.05) is 42.8 Å². The first kappa shape index (κ1) is 19.2. The lowest BCUT2D eigenvalue weighted by molar-refractivity contribution is 0.0514. The van der Waals surface area contributed by atoms with Crippen LogP contribution in [0.2, 0.25) is 0 Å². The van der Waals surface area contributed by atoms with Crippen molar-refractivity contribution >= 4 is 23.2 Å². The quantitative estimate of drug-likeness (QED) is 0.587. The summed E-state index contributed by atoms with van der Waals surface area (Å²) in [6, 6.07) is 1.54. The van der Waals surface area contributed by atoms with Crippen molar-refractivity contribution in [2.45, 2.75) is 25.7 Å². The number of hydrogen-bond acceptors (Lipinski definition) is 9. The van der Waals surface area contributed by atoms with Crippen molar-refractivity contribution < 1.29 is 18.8 Å². The molecule has 150 valence electrons. The third-order valence-electron chi connectivity index (χ3n) is 4.68. The van der Waals surface area contributed by atoms with Crippen LogP contribution < -0.4 is 0 Å². The summed E-state index contributed by atoms with van der Waals surface area (Å²) in [7, 11) is 0. The first-order chi connectivity index (χ1) is 14.2. The Morgan fingerprint density at radius 1 is 1.28 bits per heavy atom. The number of nitrogens with zero attached hydrogens (tertiary/aromatic N) is 5. The van der Waals surface area contributed by atoms with E-state index in [1.54, 1.807) is 35.4 Å². The van der Waals surface area contributed by atoms with Crippen LogP contribution >= 0.6 is 11.3 Å². The van der Waals surface area contributed by atoms with Gasteiger partial charge in [-0.25, -0.2) is 14.8 Å². The highest BCUT2D eigenvalue weighted by Crippen LogP contribution is 2.33. The molecule has 1 saturated heterocycles. The molecule has 0 radical (unpaired) electrons. The Morgan fingerprint density at radius 3 is 2.83 bits per heavy atom. The average Bonchev–Trinajstić information content (AvgIpc) is 3.44. The SMILES string of the molecule is CCOC(=O)c1cc(-c2csc(C3CCN(C(=O)c4cnccn4)CC3)n2)on1. The number of likely N-dealkylation sites (tertiary alicyclic amines) is 1. The Hall–Kier alpha value is -3.14. The lowest BCUT2D eigenvalue weighted by atomic mass is 9.97. The van der Waals surface area contributed by atoms with Gasteiger partial charge in [-0.05, 0) is 19.8 Å². The number of piperidine rings is 1. The van der Waals surface area contributed by atoms with Crippen molar-refractivity contribution in [3.63, 3.8) is 0 Å². The molecule has 9 nitrogen and oxygen atoms in total. The first-order valence-corrected chi connectivity index (χ1v) is 10.2. The molecule has 0 saturated carbocycles. The Bertz CT molecular complexity index is 995. The van der Waals surface area contributed by atoms with Crippen molar-refractivity contribution in [3.05, 3.63) is 46.4 Å². The number of ether oxygens (including phenoxy) is 1. The lowest BCUT2D eigenvalue weighted by Crippen LogP contribution is -2.38. The van der Waals surface area contributed by atoms with Gasteiger partial charge in [0.1, 0.15) is 11.4 Å². The van der Waals surface area contributed by atoms with Crippen LogP contribution in [0.25, 0.3) is 11.5 Å². The second kappa shape index (κ2) is 8.48. The number of carbonyl (C=O) groups is 2. The highest BCUT2D eigenvalue weighted by atomic mass is 32.1. The molecule has 10 heteroatoms. The maximum atomic E-state index is 12.5. The van der Waals surface area contributed by atoms with Gasteiger partial charge in [-0.3, -0.25) is 9.78 Å². The van der Waals surface area contributed by atoms with Crippen LogP contribution in [-0.4, -0.2) is 56.6 Å². The zero-order chi connectivity index (χ0) is 20.2. The van der Waals surface area contributed by atoms with Gasteiger partial charge in [-0.1, -0.05) is 5.16 Å². The Kier molecular flexibility index (Phi) is 5.61. The fraction of sp³-hybridized carbons (Fsp3) is 0.368. The zero-order valence-corrected chi connectivity index (χ0v) is 16.6. The van der Waals surface area contributed by atoms with Crippen LogP contribution in [0.1, 0.15) is 51.7 Å². The Morgan fingerprint density at radius 2 is 2.10 bits per heavy atom. The van der Waals surface area contributed by atoms with Gasteiger partial charge in [0.05, 0.1) is 17.8 Å². The van der Waals surface area contributed by atoms with Gasteiger partial charge < -0.3 is 14.2 Å². The highest BCUT2D eigenvalue weighted by molar-refractivity contribution is 7.10. The van der Waals surface area contributed by atoms with Gasteiger partial charge in [0.2, 0.25) is 0 Å². The molecule has 0 N–H and O–H groups in total. The zero-order valence-electron chi connectivity index (χ0n) is 15.8. The molecule has 0 aliphatic carbocycles. The van der Waals surface area contributed by atoms with Crippen LogP contribution in [-0.2, 0) is 4.74 Å². The largest absolute Gasteiger partial charge is 0.461 e. The first-order valence-electron chi connectivity index (χ1n) is 9.30. The summed E-state index contributed by atoms with van der Waals surface area (Å²) < 4.78 is 10.2. The standard InChI is InChI=1S/C19H19N5O4S/c1-2-27-19(26)13-9-16(28-23-13)15-11-29-17(22-15)12-3-7-24(8-4-12)18(25)14-10-20-5-6-21-14/h5-6,9-12H,2-4,7-8H2,1H3. The highest BCUT2D eigenvalue weighted by Gasteiger charge is 2.27. The molecule has 1 amide bonds. The summed E-state index contributed by atoms with van der Waals surface area (Å²) in [5, 5.41) is 6.63. The third kappa shape index (κ3) is 4.16. The molecule has 3 aromatic heterocycles. The Labute approximate surface area is 170 Å². The van der Waals surface area contributed by atoms with E-state index >= 15 is 0 Å². The molecule has 0 spiro atoms. The summed E-state index contributed by atoms with van der Waals surface area (Å²) in [5.41, 5.74) is 1.14. The Balaban J connectivity index is 1.38. The molecule has 4 heterocycles. The van der Waals surface area contributed by atoms with Gasteiger partial charge in [-0.2, -0.15) is 0 Å². The van der Waals surface area contributed by atoms with Crippen LogP contribution in [0.5, 0.6) is 0 Å². The van der Waals surface area contributed by atoms with Crippen molar-refractivity contribution in [1.82, 2.24) is 25.0 Å². The van der Waals surface area contributed by atoms with Crippen molar-refractivity contribution in [3.8, 4) is 11.5 Å². The number of thiazole rings is 1. The minimum atomic E-state index is -0.516. The van der Waals surface area contributed by atoms with E-state index in [2.05, 4.69) is 20.1 Å². The van der Waals surface area contributed by atoms with Crippen molar-refractivity contribution in [2.24, 2.45) is 0 Å². The number of amides is 1. The second-order valence-corrected chi connectivity index (χ2v) is 7.41. The molecular formula is C19H19N5O4S. The van der Waals surface area contributed by atoms with E-state index < -0.39 is 5.97 Å². The number of esters is 1.